The molecule has 29 heavy (non-hydrogen) atoms. The van der Waals surface area contributed by atoms with E-state index < -0.39 is 0 Å². The molecule has 2 saturated heterocycles. The summed E-state index contributed by atoms with van der Waals surface area (Å²) in [7, 11) is 2.19. The Morgan fingerprint density at radius 1 is 1.10 bits per heavy atom. The number of aromatic amines is 1. The number of H-pyrrole nitrogens is 1. The minimum atomic E-state index is 0. The number of fused-ring (bicyclic) bond motifs is 1. The first-order chi connectivity index (χ1) is 13.2. The van der Waals surface area contributed by atoms with Crippen molar-refractivity contribution in [2.45, 2.75) is 12.5 Å². The Kier molecular flexibility index (Phi) is 6.26. The molecule has 2 atom stereocenters. The van der Waals surface area contributed by atoms with E-state index in [1.807, 2.05) is 12.1 Å². The number of nitrogens with one attached hydrogen (secondary N) is 1. The van der Waals surface area contributed by atoms with Crippen LogP contribution < -0.4 is 4.90 Å². The zero-order chi connectivity index (χ0) is 18.4. The molecule has 0 spiro atoms. The number of likely N-dealkylation sites (N-methyl/N-ethyl adjacent to an activating group) is 1. The first kappa shape index (κ1) is 21.3. The van der Waals surface area contributed by atoms with E-state index in [1.54, 1.807) is 24.7 Å². The summed E-state index contributed by atoms with van der Waals surface area (Å²) in [5, 5.41) is 25.8. The third kappa shape index (κ3) is 3.88. The van der Waals surface area contributed by atoms with Crippen molar-refractivity contribution in [1.82, 2.24) is 30.3 Å². The van der Waals surface area contributed by atoms with Crippen LogP contribution in [0.4, 0.5) is 5.95 Å². The molecule has 0 amide bonds. The van der Waals surface area contributed by atoms with Gasteiger partial charge in [0.05, 0.1) is 12.4 Å². The molecule has 10 heteroatoms. The quantitative estimate of drug-likeness (QED) is 0.652. The minimum absolute atomic E-state index is 0. The lowest BCUT2D eigenvalue weighted by Crippen LogP contribution is -2.32. The average molecular weight is 436 g/mol. The largest absolute Gasteiger partial charge is 0.507 e. The number of aromatic nitrogens is 5. The average Bonchev–Trinajstić information content (AvgIpc) is 3.41. The summed E-state index contributed by atoms with van der Waals surface area (Å²) < 4.78 is 0. The Bertz CT molecular complexity index is 952. The second-order valence-corrected chi connectivity index (χ2v) is 7.36. The number of rotatable bonds is 3. The van der Waals surface area contributed by atoms with Crippen LogP contribution in [0.5, 0.6) is 5.75 Å². The first-order valence-electron chi connectivity index (χ1n) is 9.16. The van der Waals surface area contributed by atoms with Gasteiger partial charge in [-0.3, -0.25) is 5.10 Å². The number of anilines is 1. The molecule has 0 aliphatic carbocycles. The van der Waals surface area contributed by atoms with Crippen molar-refractivity contribution >= 4 is 30.8 Å². The summed E-state index contributed by atoms with van der Waals surface area (Å²) >= 11 is 0. The van der Waals surface area contributed by atoms with Crippen molar-refractivity contribution in [3.63, 3.8) is 0 Å². The molecule has 1 aromatic carbocycles. The van der Waals surface area contributed by atoms with Crippen LogP contribution in [-0.2, 0) is 0 Å². The molecule has 3 aromatic rings. The van der Waals surface area contributed by atoms with Gasteiger partial charge in [0.15, 0.2) is 0 Å². The molecule has 2 aromatic heterocycles. The predicted octanol–water partition coefficient (Wildman–Crippen LogP) is 2.62. The molecule has 2 N–H and O–H groups in total. The number of phenols is 1. The van der Waals surface area contributed by atoms with E-state index in [-0.39, 0.29) is 30.6 Å². The van der Waals surface area contributed by atoms with Gasteiger partial charge in [0.1, 0.15) is 11.4 Å². The number of aromatic hydroxyl groups is 1. The van der Waals surface area contributed by atoms with Gasteiger partial charge in [-0.2, -0.15) is 5.10 Å². The third-order valence-corrected chi connectivity index (χ3v) is 5.76. The number of hydrogen-bond acceptors (Lipinski definition) is 7. The van der Waals surface area contributed by atoms with Gasteiger partial charge in [-0.1, -0.05) is 6.07 Å². The summed E-state index contributed by atoms with van der Waals surface area (Å²) in [6.45, 7) is 3.11. The Balaban J connectivity index is 0.00000120. The second-order valence-electron chi connectivity index (χ2n) is 7.36. The standard InChI is InChI=1S/C19H21N7O.2ClH/c1-25-5-4-13-10-26(11-17(13)25)19-20-9-16(23-24-19)15-3-2-12(6-18(15)27)14-7-21-22-8-14;;/h2-3,6-9,13,17,27H,4-5,10-11H2,1H3,(H,21,22);2*1H/t13-,17+;;/m1../s1. The van der Waals surface area contributed by atoms with Crippen molar-refractivity contribution < 1.29 is 5.11 Å². The fourth-order valence-electron chi connectivity index (χ4n) is 4.21. The second kappa shape index (κ2) is 8.52. The number of nitrogens with zero attached hydrogens (tertiary/aromatic N) is 6. The molecule has 2 fully saturated rings. The summed E-state index contributed by atoms with van der Waals surface area (Å²) in [5.41, 5.74) is 2.98. The zero-order valence-electron chi connectivity index (χ0n) is 15.9. The summed E-state index contributed by atoms with van der Waals surface area (Å²) in [5.74, 6) is 1.50. The Morgan fingerprint density at radius 2 is 1.97 bits per heavy atom. The zero-order valence-corrected chi connectivity index (χ0v) is 17.5. The molecular formula is C19H23Cl2N7O. The maximum absolute atomic E-state index is 10.4. The van der Waals surface area contributed by atoms with Gasteiger partial charge in [0.2, 0.25) is 5.95 Å². The lowest BCUT2D eigenvalue weighted by atomic mass is 10.0. The van der Waals surface area contributed by atoms with Gasteiger partial charge in [-0.25, -0.2) is 4.98 Å². The lowest BCUT2D eigenvalue weighted by Gasteiger charge is -2.20. The molecule has 4 heterocycles. The van der Waals surface area contributed by atoms with Crippen molar-refractivity contribution in [3.8, 4) is 28.1 Å². The fraction of sp³-hybridized carbons (Fsp3) is 0.368. The fourth-order valence-corrected chi connectivity index (χ4v) is 4.21. The molecule has 8 nitrogen and oxygen atoms in total. The highest BCUT2D eigenvalue weighted by atomic mass is 35.5. The molecule has 154 valence electrons. The van der Waals surface area contributed by atoms with Crippen molar-refractivity contribution in [1.29, 1.82) is 0 Å². The Labute approximate surface area is 181 Å². The van der Waals surface area contributed by atoms with Gasteiger partial charge < -0.3 is 14.9 Å². The first-order valence-corrected chi connectivity index (χ1v) is 9.16. The predicted molar refractivity (Wildman–Crippen MR) is 116 cm³/mol. The molecule has 5 rings (SSSR count). The lowest BCUT2D eigenvalue weighted by molar-refractivity contribution is 0.310. The van der Waals surface area contributed by atoms with E-state index in [1.165, 1.54) is 13.0 Å². The Hall–Kier alpha value is -2.42. The number of halogens is 2. The van der Waals surface area contributed by atoms with Gasteiger partial charge in [0, 0.05) is 36.5 Å². The van der Waals surface area contributed by atoms with Gasteiger partial charge >= 0.3 is 0 Å². The maximum Gasteiger partial charge on any atom is 0.245 e. The van der Waals surface area contributed by atoms with E-state index in [4.69, 9.17) is 0 Å². The molecule has 0 unspecified atom stereocenters. The highest BCUT2D eigenvalue weighted by Gasteiger charge is 2.40. The van der Waals surface area contributed by atoms with Crippen LogP contribution in [0.15, 0.2) is 36.8 Å². The van der Waals surface area contributed by atoms with Gasteiger partial charge in [-0.05, 0) is 43.6 Å². The summed E-state index contributed by atoms with van der Waals surface area (Å²) in [4.78, 5) is 9.15. The van der Waals surface area contributed by atoms with E-state index in [0.29, 0.717) is 29.2 Å². The van der Waals surface area contributed by atoms with E-state index in [9.17, 15) is 5.11 Å². The topological polar surface area (TPSA) is 94.1 Å². The van der Waals surface area contributed by atoms with Crippen LogP contribution in [0.1, 0.15) is 6.42 Å². The van der Waals surface area contributed by atoms with Crippen molar-refractivity contribution in [2.75, 3.05) is 31.6 Å². The van der Waals surface area contributed by atoms with Crippen LogP contribution in [0.25, 0.3) is 22.4 Å². The van der Waals surface area contributed by atoms with Crippen LogP contribution in [0.3, 0.4) is 0 Å². The molecule has 0 radical (unpaired) electrons. The SMILES string of the molecule is CN1CC[C@@H]2CN(c3ncc(-c4ccc(-c5cn[nH]c5)cc4O)nn3)C[C@@H]21.Cl.Cl. The van der Waals surface area contributed by atoms with Crippen LogP contribution >= 0.6 is 24.8 Å². The summed E-state index contributed by atoms with van der Waals surface area (Å²) in [6, 6.07) is 6.05. The van der Waals surface area contributed by atoms with Gasteiger partial charge in [-0.15, -0.1) is 35.0 Å². The molecule has 2 aliphatic rings. The van der Waals surface area contributed by atoms with E-state index in [2.05, 4.69) is 42.2 Å². The van der Waals surface area contributed by atoms with E-state index >= 15 is 0 Å². The normalized spacial score (nSPS) is 20.8. The third-order valence-electron chi connectivity index (χ3n) is 5.76. The maximum atomic E-state index is 10.4. The monoisotopic (exact) mass is 435 g/mol. The van der Waals surface area contributed by atoms with Crippen molar-refractivity contribution in [3.05, 3.63) is 36.8 Å². The summed E-state index contributed by atoms with van der Waals surface area (Å²) in [6.07, 6.45) is 6.42. The van der Waals surface area contributed by atoms with Crippen molar-refractivity contribution in [2.24, 2.45) is 5.92 Å². The highest BCUT2D eigenvalue weighted by molar-refractivity contribution is 5.85. The molecule has 2 aliphatic heterocycles. The number of benzene rings is 1. The molecule has 0 saturated carbocycles. The highest BCUT2D eigenvalue weighted by Crippen LogP contribution is 2.33. The smallest absolute Gasteiger partial charge is 0.245 e. The number of likely N-dealkylation sites (tertiary alicyclic amines) is 1. The van der Waals surface area contributed by atoms with Crippen LogP contribution in [-0.4, -0.2) is 68.1 Å². The molecular weight excluding hydrogens is 413 g/mol. The van der Waals surface area contributed by atoms with Gasteiger partial charge in [0.25, 0.3) is 0 Å². The van der Waals surface area contributed by atoms with Crippen LogP contribution in [0.2, 0.25) is 0 Å². The Morgan fingerprint density at radius 3 is 2.62 bits per heavy atom. The molecule has 0 bridgehead atoms. The van der Waals surface area contributed by atoms with Crippen LogP contribution in [0, 0.1) is 5.92 Å². The number of phenolic OH excluding ortho intramolecular Hbond substituents is 1. The number of hydrogen-bond donors (Lipinski definition) is 2. The van der Waals surface area contributed by atoms with E-state index in [0.717, 1.165) is 24.2 Å². The minimum Gasteiger partial charge on any atom is -0.507 e.